The van der Waals surface area contributed by atoms with Crippen LogP contribution >= 0.6 is 0 Å². The fourth-order valence-electron chi connectivity index (χ4n) is 9.93. The van der Waals surface area contributed by atoms with Crippen LogP contribution in [-0.4, -0.2) is 24.1 Å². The van der Waals surface area contributed by atoms with Gasteiger partial charge in [-0.15, -0.1) is 0 Å². The molecule has 0 spiro atoms. The van der Waals surface area contributed by atoms with E-state index in [9.17, 15) is 9.59 Å². The molecule has 0 aromatic carbocycles. The highest BCUT2D eigenvalue weighted by Gasteiger charge is 2.62. The minimum Gasteiger partial charge on any atom is -0.459 e. The molecule has 0 bridgehead atoms. The van der Waals surface area contributed by atoms with Gasteiger partial charge >= 0.3 is 11.9 Å². The van der Waals surface area contributed by atoms with Crippen LogP contribution in [0, 0.1) is 52.3 Å². The number of fused-ring (bicyclic) bond motifs is 5. The zero-order valence-electron chi connectivity index (χ0n) is 23.6. The Hall–Kier alpha value is -1.06. The second kappa shape index (κ2) is 10.4. The van der Waals surface area contributed by atoms with E-state index in [1.165, 1.54) is 71.6 Å². The van der Waals surface area contributed by atoms with Gasteiger partial charge in [0.25, 0.3) is 0 Å². The smallest absolute Gasteiger partial charge is 0.303 e. The molecule has 0 unspecified atom stereocenters. The Bertz CT molecular complexity index is 776. The van der Waals surface area contributed by atoms with E-state index in [2.05, 4.69) is 34.6 Å². The van der Waals surface area contributed by atoms with E-state index in [0.29, 0.717) is 17.3 Å². The van der Waals surface area contributed by atoms with E-state index in [-0.39, 0.29) is 29.6 Å². The molecule has 4 saturated carbocycles. The van der Waals surface area contributed by atoms with Gasteiger partial charge < -0.3 is 9.47 Å². The maximum atomic E-state index is 11.9. The molecular formula is C31H52O4. The van der Waals surface area contributed by atoms with Gasteiger partial charge in [0.1, 0.15) is 12.2 Å². The van der Waals surface area contributed by atoms with Crippen LogP contribution in [0.15, 0.2) is 0 Å². The number of carbonyl (C=O) groups excluding carboxylic acids is 2. The SMILES string of the molecule is CC(=O)O[C@@H]1C[C@@H]2CC[C@@H]3[C@@H]4CC[C@H]([C@H](C)CCCC(C)C)[C@]4(C)CC[C@@H]3[C@]2(C)C[C@H]1OC(C)=O. The van der Waals surface area contributed by atoms with Crippen molar-refractivity contribution in [2.45, 2.75) is 131 Å². The second-order valence-corrected chi connectivity index (χ2v) is 13.9. The Labute approximate surface area is 214 Å². The van der Waals surface area contributed by atoms with Crippen LogP contribution in [0.3, 0.4) is 0 Å². The highest BCUT2D eigenvalue weighted by Crippen LogP contribution is 2.68. The molecule has 4 aliphatic carbocycles. The molecule has 4 nitrogen and oxygen atoms in total. The zero-order chi connectivity index (χ0) is 25.5. The number of esters is 2. The molecule has 10 atom stereocenters. The quantitative estimate of drug-likeness (QED) is 0.347. The van der Waals surface area contributed by atoms with Crippen molar-refractivity contribution < 1.29 is 19.1 Å². The van der Waals surface area contributed by atoms with Crippen molar-refractivity contribution in [2.75, 3.05) is 0 Å². The summed E-state index contributed by atoms with van der Waals surface area (Å²) in [4.78, 5) is 23.7. The lowest BCUT2D eigenvalue weighted by atomic mass is 9.44. The maximum absolute atomic E-state index is 11.9. The van der Waals surface area contributed by atoms with Gasteiger partial charge in [-0.05, 0) is 104 Å². The van der Waals surface area contributed by atoms with Gasteiger partial charge in [0, 0.05) is 13.8 Å². The first-order valence-electron chi connectivity index (χ1n) is 14.8. The highest BCUT2D eigenvalue weighted by atomic mass is 16.6. The lowest BCUT2D eigenvalue weighted by Gasteiger charge is -2.62. The summed E-state index contributed by atoms with van der Waals surface area (Å²) in [5.74, 6) is 4.88. The van der Waals surface area contributed by atoms with Crippen molar-refractivity contribution >= 4 is 11.9 Å². The molecule has 0 amide bonds. The second-order valence-electron chi connectivity index (χ2n) is 13.9. The van der Waals surface area contributed by atoms with Crippen LogP contribution in [0.4, 0.5) is 0 Å². The topological polar surface area (TPSA) is 52.6 Å². The molecule has 200 valence electrons. The minimum absolute atomic E-state index is 0.169. The fourth-order valence-corrected chi connectivity index (χ4v) is 9.93. The number of rotatable bonds is 7. The lowest BCUT2D eigenvalue weighted by Crippen LogP contribution is -2.57. The molecule has 4 rings (SSSR count). The van der Waals surface area contributed by atoms with Crippen molar-refractivity contribution in [3.05, 3.63) is 0 Å². The molecule has 35 heavy (non-hydrogen) atoms. The first kappa shape index (κ1) is 27.0. The Morgan fingerprint density at radius 2 is 1.49 bits per heavy atom. The summed E-state index contributed by atoms with van der Waals surface area (Å²) in [6.07, 6.45) is 13.3. The largest absolute Gasteiger partial charge is 0.459 e. The molecule has 4 aliphatic rings. The summed E-state index contributed by atoms with van der Waals surface area (Å²) in [7, 11) is 0. The number of carbonyl (C=O) groups is 2. The Balaban J connectivity index is 1.50. The summed E-state index contributed by atoms with van der Waals surface area (Å²) >= 11 is 0. The molecule has 0 N–H and O–H groups in total. The van der Waals surface area contributed by atoms with Crippen LogP contribution in [0.5, 0.6) is 0 Å². The molecule has 0 saturated heterocycles. The Kier molecular flexibility index (Phi) is 7.99. The van der Waals surface area contributed by atoms with Crippen molar-refractivity contribution in [1.82, 2.24) is 0 Å². The zero-order valence-corrected chi connectivity index (χ0v) is 23.6. The highest BCUT2D eigenvalue weighted by molar-refractivity contribution is 5.67. The number of ether oxygens (including phenoxy) is 2. The minimum atomic E-state index is -0.304. The van der Waals surface area contributed by atoms with Gasteiger partial charge in [-0.1, -0.05) is 53.9 Å². The third-order valence-corrected chi connectivity index (χ3v) is 11.5. The van der Waals surface area contributed by atoms with Crippen molar-refractivity contribution in [3.8, 4) is 0 Å². The Morgan fingerprint density at radius 3 is 2.14 bits per heavy atom. The first-order chi connectivity index (χ1) is 16.5. The summed E-state index contributed by atoms with van der Waals surface area (Å²) in [5, 5.41) is 0. The van der Waals surface area contributed by atoms with Crippen molar-refractivity contribution in [1.29, 1.82) is 0 Å². The van der Waals surface area contributed by atoms with E-state index in [4.69, 9.17) is 9.47 Å². The van der Waals surface area contributed by atoms with E-state index < -0.39 is 0 Å². The molecule has 4 fully saturated rings. The van der Waals surface area contributed by atoms with Gasteiger partial charge in [0.05, 0.1) is 0 Å². The van der Waals surface area contributed by atoms with Crippen LogP contribution in [0.1, 0.15) is 119 Å². The molecular weight excluding hydrogens is 436 g/mol. The number of hydrogen-bond acceptors (Lipinski definition) is 4. The van der Waals surface area contributed by atoms with Gasteiger partial charge in [0.15, 0.2) is 0 Å². The first-order valence-corrected chi connectivity index (χ1v) is 14.8. The summed E-state index contributed by atoms with van der Waals surface area (Å²) in [6.45, 7) is 15.3. The fraction of sp³-hybridized carbons (Fsp3) is 0.935. The molecule has 4 heteroatoms. The number of hydrogen-bond donors (Lipinski definition) is 0. The third kappa shape index (κ3) is 5.19. The average Bonchev–Trinajstić information content (AvgIpc) is 3.10. The molecule has 0 aliphatic heterocycles. The van der Waals surface area contributed by atoms with E-state index in [0.717, 1.165) is 42.4 Å². The average molecular weight is 489 g/mol. The summed E-state index contributed by atoms with van der Waals surface area (Å²) in [6, 6.07) is 0. The van der Waals surface area contributed by atoms with Crippen molar-refractivity contribution in [3.63, 3.8) is 0 Å². The molecule has 0 aromatic rings. The van der Waals surface area contributed by atoms with Crippen LogP contribution < -0.4 is 0 Å². The third-order valence-electron chi connectivity index (χ3n) is 11.5. The molecule has 0 radical (unpaired) electrons. The summed E-state index contributed by atoms with van der Waals surface area (Å²) in [5.41, 5.74) is 0.661. The van der Waals surface area contributed by atoms with E-state index in [1.54, 1.807) is 0 Å². The van der Waals surface area contributed by atoms with E-state index >= 15 is 0 Å². The van der Waals surface area contributed by atoms with Gasteiger partial charge in [-0.3, -0.25) is 9.59 Å². The standard InChI is InChI=1S/C31H52O4/c1-19(2)9-8-10-20(3)25-13-14-26-24-12-11-23-17-28(34-21(4)32)29(35-22(5)33)18-31(23,7)27(24)15-16-30(25,26)6/h19-20,23-29H,8-18H2,1-7H3/t20-,23+,24-,25-,26+,27+,28-,29-,30+,31-/m1/s1. The Morgan fingerprint density at radius 1 is 0.829 bits per heavy atom. The molecule has 0 heterocycles. The normalized spacial score (nSPS) is 43.6. The predicted molar refractivity (Wildman–Crippen MR) is 140 cm³/mol. The van der Waals surface area contributed by atoms with E-state index in [1.807, 2.05) is 0 Å². The monoisotopic (exact) mass is 488 g/mol. The van der Waals surface area contributed by atoms with Crippen LogP contribution in [0.25, 0.3) is 0 Å². The lowest BCUT2D eigenvalue weighted by molar-refractivity contribution is -0.195. The van der Waals surface area contributed by atoms with Crippen molar-refractivity contribution in [2.24, 2.45) is 52.3 Å². The van der Waals surface area contributed by atoms with Crippen LogP contribution in [-0.2, 0) is 19.1 Å². The van der Waals surface area contributed by atoms with Gasteiger partial charge in [0.2, 0.25) is 0 Å². The maximum Gasteiger partial charge on any atom is 0.303 e. The summed E-state index contributed by atoms with van der Waals surface area (Å²) < 4.78 is 11.5. The predicted octanol–water partition coefficient (Wildman–Crippen LogP) is 7.58. The van der Waals surface area contributed by atoms with Gasteiger partial charge in [-0.2, -0.15) is 0 Å². The van der Waals surface area contributed by atoms with Crippen LogP contribution in [0.2, 0.25) is 0 Å². The van der Waals surface area contributed by atoms with Gasteiger partial charge in [-0.25, -0.2) is 0 Å². The molecule has 0 aromatic heterocycles.